The summed E-state index contributed by atoms with van der Waals surface area (Å²) in [5, 5.41) is 3.05. The molecule has 4 atom stereocenters. The van der Waals surface area contributed by atoms with Crippen LogP contribution >= 0.6 is 0 Å². The quantitative estimate of drug-likeness (QED) is 0.831. The van der Waals surface area contributed by atoms with Gasteiger partial charge in [0, 0.05) is 19.1 Å². The van der Waals surface area contributed by atoms with E-state index < -0.39 is 0 Å². The van der Waals surface area contributed by atoms with Crippen molar-refractivity contribution in [2.45, 2.75) is 64.8 Å². The maximum atomic E-state index is 12.1. The first-order valence-electron chi connectivity index (χ1n) is 7.66. The number of carbonyl (C=O) groups excluding carboxylic acids is 1. The van der Waals surface area contributed by atoms with Gasteiger partial charge in [-0.1, -0.05) is 20.8 Å². The van der Waals surface area contributed by atoms with Crippen LogP contribution < -0.4 is 5.32 Å². The molecule has 2 aliphatic heterocycles. The fraction of sp³-hybridized carbons (Fsp3) is 0.933. The molecule has 2 saturated heterocycles. The molecule has 0 aromatic heterocycles. The van der Waals surface area contributed by atoms with Crippen LogP contribution in [0.15, 0.2) is 0 Å². The summed E-state index contributed by atoms with van der Waals surface area (Å²) in [6.07, 6.45) is 4.24. The number of nitrogens with one attached hydrogen (secondary N) is 1. The van der Waals surface area contributed by atoms with E-state index in [0.717, 1.165) is 38.8 Å². The number of amides is 1. The molecular weight excluding hydrogens is 242 g/mol. The SMILES string of the molecule is CC[C@H]1CC[C@@H](C(=O)NC[C@H]2CCO[C@@H]2C(C)C)O1. The van der Waals surface area contributed by atoms with Crippen molar-refractivity contribution in [2.24, 2.45) is 11.8 Å². The Balaban J connectivity index is 1.74. The summed E-state index contributed by atoms with van der Waals surface area (Å²) >= 11 is 0. The average Bonchev–Trinajstić information content (AvgIpc) is 3.04. The van der Waals surface area contributed by atoms with Gasteiger partial charge in [0.2, 0.25) is 5.91 Å². The Morgan fingerprint density at radius 1 is 1.32 bits per heavy atom. The van der Waals surface area contributed by atoms with E-state index in [1.165, 1.54) is 0 Å². The van der Waals surface area contributed by atoms with Crippen LogP contribution in [0.3, 0.4) is 0 Å². The van der Waals surface area contributed by atoms with E-state index in [2.05, 4.69) is 26.1 Å². The normalized spacial score (nSPS) is 34.9. The molecule has 19 heavy (non-hydrogen) atoms. The summed E-state index contributed by atoms with van der Waals surface area (Å²) in [4.78, 5) is 12.1. The lowest BCUT2D eigenvalue weighted by atomic mass is 9.93. The van der Waals surface area contributed by atoms with Crippen molar-refractivity contribution in [1.82, 2.24) is 5.32 Å². The standard InChI is InChI=1S/C15H27NO3/c1-4-12-5-6-13(19-12)15(17)16-9-11-7-8-18-14(11)10(2)3/h10-14H,4-9H2,1-3H3,(H,16,17)/t11-,12+,13+,14-/m1/s1. The van der Waals surface area contributed by atoms with Crippen molar-refractivity contribution in [3.8, 4) is 0 Å². The number of hydrogen-bond donors (Lipinski definition) is 1. The lowest BCUT2D eigenvalue weighted by Crippen LogP contribution is -2.40. The van der Waals surface area contributed by atoms with Gasteiger partial charge in [0.15, 0.2) is 0 Å². The number of ether oxygens (including phenoxy) is 2. The third-order valence-corrected chi connectivity index (χ3v) is 4.31. The van der Waals surface area contributed by atoms with Crippen molar-refractivity contribution in [1.29, 1.82) is 0 Å². The van der Waals surface area contributed by atoms with Crippen LogP contribution in [0.25, 0.3) is 0 Å². The summed E-state index contributed by atoms with van der Waals surface area (Å²) in [6.45, 7) is 8.00. The lowest BCUT2D eigenvalue weighted by molar-refractivity contribution is -0.132. The van der Waals surface area contributed by atoms with Crippen molar-refractivity contribution in [3.63, 3.8) is 0 Å². The van der Waals surface area contributed by atoms with Gasteiger partial charge < -0.3 is 14.8 Å². The fourth-order valence-corrected chi connectivity index (χ4v) is 3.16. The minimum Gasteiger partial charge on any atom is -0.378 e. The predicted octanol–water partition coefficient (Wildman–Crippen LogP) is 2.12. The van der Waals surface area contributed by atoms with Gasteiger partial charge in [-0.15, -0.1) is 0 Å². The van der Waals surface area contributed by atoms with Crippen LogP contribution in [0.1, 0.15) is 46.5 Å². The van der Waals surface area contributed by atoms with Gasteiger partial charge in [-0.3, -0.25) is 4.79 Å². The summed E-state index contributed by atoms with van der Waals surface area (Å²) < 4.78 is 11.5. The molecule has 2 aliphatic rings. The minimum atomic E-state index is -0.232. The molecule has 0 aromatic rings. The summed E-state index contributed by atoms with van der Waals surface area (Å²) in [5.74, 6) is 1.02. The monoisotopic (exact) mass is 269 g/mol. The van der Waals surface area contributed by atoms with E-state index in [1.807, 2.05) is 0 Å². The molecule has 0 radical (unpaired) electrons. The number of hydrogen-bond acceptors (Lipinski definition) is 3. The zero-order chi connectivity index (χ0) is 13.8. The second-order valence-corrected chi connectivity index (χ2v) is 6.11. The van der Waals surface area contributed by atoms with Crippen LogP contribution in [0.4, 0.5) is 0 Å². The Kier molecular flexibility index (Phi) is 5.22. The first kappa shape index (κ1) is 14.8. The highest BCUT2D eigenvalue weighted by Crippen LogP contribution is 2.26. The molecule has 1 N–H and O–H groups in total. The maximum absolute atomic E-state index is 12.1. The molecule has 2 heterocycles. The van der Waals surface area contributed by atoms with Gasteiger partial charge in [0.25, 0.3) is 0 Å². The first-order chi connectivity index (χ1) is 9.11. The van der Waals surface area contributed by atoms with Gasteiger partial charge in [0.1, 0.15) is 6.10 Å². The molecule has 110 valence electrons. The van der Waals surface area contributed by atoms with Crippen LogP contribution in [0.2, 0.25) is 0 Å². The molecule has 0 spiro atoms. The topological polar surface area (TPSA) is 47.6 Å². The van der Waals surface area contributed by atoms with Crippen LogP contribution in [-0.4, -0.2) is 37.4 Å². The minimum absolute atomic E-state index is 0.0605. The Bertz CT molecular complexity index is 306. The highest BCUT2D eigenvalue weighted by Gasteiger charge is 2.33. The van der Waals surface area contributed by atoms with Crippen molar-refractivity contribution in [2.75, 3.05) is 13.2 Å². The lowest BCUT2D eigenvalue weighted by Gasteiger charge is -2.23. The van der Waals surface area contributed by atoms with Gasteiger partial charge >= 0.3 is 0 Å². The molecule has 1 amide bonds. The number of rotatable bonds is 5. The zero-order valence-corrected chi connectivity index (χ0v) is 12.4. The van der Waals surface area contributed by atoms with Crippen LogP contribution in [0.5, 0.6) is 0 Å². The molecule has 0 aromatic carbocycles. The van der Waals surface area contributed by atoms with Crippen molar-refractivity contribution < 1.29 is 14.3 Å². The second-order valence-electron chi connectivity index (χ2n) is 6.11. The molecule has 2 fully saturated rings. The molecule has 0 saturated carbocycles. The molecule has 0 bridgehead atoms. The van der Waals surface area contributed by atoms with E-state index in [4.69, 9.17) is 9.47 Å². The Morgan fingerprint density at radius 2 is 2.11 bits per heavy atom. The zero-order valence-electron chi connectivity index (χ0n) is 12.4. The van der Waals surface area contributed by atoms with Gasteiger partial charge in [-0.05, 0) is 31.6 Å². The smallest absolute Gasteiger partial charge is 0.249 e. The highest BCUT2D eigenvalue weighted by molar-refractivity contribution is 5.81. The largest absolute Gasteiger partial charge is 0.378 e. The second kappa shape index (κ2) is 6.71. The Hall–Kier alpha value is -0.610. The Morgan fingerprint density at radius 3 is 2.74 bits per heavy atom. The van der Waals surface area contributed by atoms with Gasteiger partial charge in [0.05, 0.1) is 12.2 Å². The maximum Gasteiger partial charge on any atom is 0.249 e. The highest BCUT2D eigenvalue weighted by atomic mass is 16.5. The summed E-state index contributed by atoms with van der Waals surface area (Å²) in [7, 11) is 0. The third-order valence-electron chi connectivity index (χ3n) is 4.31. The first-order valence-corrected chi connectivity index (χ1v) is 7.66. The summed E-state index contributed by atoms with van der Waals surface area (Å²) in [6, 6.07) is 0. The third kappa shape index (κ3) is 3.69. The predicted molar refractivity (Wildman–Crippen MR) is 73.9 cm³/mol. The molecule has 4 nitrogen and oxygen atoms in total. The summed E-state index contributed by atoms with van der Waals surface area (Å²) in [5.41, 5.74) is 0. The van der Waals surface area contributed by atoms with Crippen LogP contribution in [-0.2, 0) is 14.3 Å². The van der Waals surface area contributed by atoms with Crippen molar-refractivity contribution >= 4 is 5.91 Å². The van der Waals surface area contributed by atoms with Gasteiger partial charge in [-0.2, -0.15) is 0 Å². The van der Waals surface area contributed by atoms with Crippen LogP contribution in [0, 0.1) is 11.8 Å². The molecule has 0 unspecified atom stereocenters. The van der Waals surface area contributed by atoms with E-state index in [0.29, 0.717) is 11.8 Å². The van der Waals surface area contributed by atoms with E-state index in [-0.39, 0.29) is 24.2 Å². The number of carbonyl (C=O) groups is 1. The molecule has 2 rings (SSSR count). The van der Waals surface area contributed by atoms with E-state index >= 15 is 0 Å². The Labute approximate surface area is 116 Å². The van der Waals surface area contributed by atoms with E-state index in [1.54, 1.807) is 0 Å². The molecule has 0 aliphatic carbocycles. The van der Waals surface area contributed by atoms with Crippen molar-refractivity contribution in [3.05, 3.63) is 0 Å². The molecule has 4 heteroatoms. The van der Waals surface area contributed by atoms with Gasteiger partial charge in [-0.25, -0.2) is 0 Å². The molecular formula is C15H27NO3. The average molecular weight is 269 g/mol. The fourth-order valence-electron chi connectivity index (χ4n) is 3.16. The van der Waals surface area contributed by atoms with E-state index in [9.17, 15) is 4.79 Å².